The van der Waals surface area contributed by atoms with Crippen LogP contribution in [0.3, 0.4) is 0 Å². The number of hydrogen-bond acceptors (Lipinski definition) is 6. The van der Waals surface area contributed by atoms with E-state index in [4.69, 9.17) is 5.73 Å². The lowest BCUT2D eigenvalue weighted by molar-refractivity contribution is 1.09. The summed E-state index contributed by atoms with van der Waals surface area (Å²) in [5.74, 6) is 0. The number of para-hydroxylation sites is 2. The highest BCUT2D eigenvalue weighted by molar-refractivity contribution is 7.19. The van der Waals surface area contributed by atoms with Crippen molar-refractivity contribution in [3.8, 4) is 6.07 Å². The number of rotatable bonds is 3. The molecule has 24 heavy (non-hydrogen) atoms. The van der Waals surface area contributed by atoms with Gasteiger partial charge in [-0.1, -0.05) is 24.3 Å². The Balaban J connectivity index is 1.73. The predicted molar refractivity (Wildman–Crippen MR) is 99.7 cm³/mol. The molecule has 4 nitrogen and oxygen atoms in total. The molecule has 0 radical (unpaired) electrons. The van der Waals surface area contributed by atoms with Gasteiger partial charge in [-0.25, -0.2) is 9.97 Å². The van der Waals surface area contributed by atoms with Crippen LogP contribution in [0.2, 0.25) is 0 Å². The molecule has 2 aromatic heterocycles. The van der Waals surface area contributed by atoms with E-state index >= 15 is 0 Å². The molecule has 0 saturated heterocycles. The van der Waals surface area contributed by atoms with Crippen molar-refractivity contribution in [2.75, 3.05) is 0 Å². The van der Waals surface area contributed by atoms with Crippen LogP contribution >= 0.6 is 22.7 Å². The first-order chi connectivity index (χ1) is 11.7. The monoisotopic (exact) mass is 348 g/mol. The standard InChI is InChI=1S/C18H12N4S2/c19-10-11(18-22-14-6-2-4-8-16(14)24-18)12(20)9-17-21-13-5-1-3-7-15(13)23-17/h1-8H,9,20H2. The van der Waals surface area contributed by atoms with Crippen LogP contribution in [-0.2, 0) is 6.42 Å². The molecule has 4 aromatic rings. The minimum atomic E-state index is 0.440. The molecule has 0 aliphatic heterocycles. The lowest BCUT2D eigenvalue weighted by Crippen LogP contribution is -2.04. The van der Waals surface area contributed by atoms with Crippen LogP contribution in [0.15, 0.2) is 54.2 Å². The zero-order chi connectivity index (χ0) is 16.5. The van der Waals surface area contributed by atoms with Crippen molar-refractivity contribution in [3.05, 3.63) is 64.2 Å². The van der Waals surface area contributed by atoms with E-state index in [9.17, 15) is 5.26 Å². The molecule has 2 N–H and O–H groups in total. The van der Waals surface area contributed by atoms with Gasteiger partial charge < -0.3 is 5.73 Å². The zero-order valence-corrected chi connectivity index (χ0v) is 14.2. The van der Waals surface area contributed by atoms with Crippen molar-refractivity contribution in [1.29, 1.82) is 5.26 Å². The van der Waals surface area contributed by atoms with Gasteiger partial charge in [0.05, 0.1) is 25.4 Å². The molecule has 2 heterocycles. The van der Waals surface area contributed by atoms with Gasteiger partial charge in [-0.05, 0) is 24.3 Å². The van der Waals surface area contributed by atoms with E-state index in [1.54, 1.807) is 11.3 Å². The third kappa shape index (κ3) is 2.64. The molecule has 0 bridgehead atoms. The summed E-state index contributed by atoms with van der Waals surface area (Å²) in [6.45, 7) is 0. The predicted octanol–water partition coefficient (Wildman–Crippen LogP) is 4.34. The van der Waals surface area contributed by atoms with Crippen molar-refractivity contribution in [2.24, 2.45) is 5.73 Å². The Morgan fingerprint density at radius 2 is 1.58 bits per heavy atom. The Labute approximate surface area is 146 Å². The van der Waals surface area contributed by atoms with Crippen molar-refractivity contribution < 1.29 is 0 Å². The van der Waals surface area contributed by atoms with E-state index in [0.717, 1.165) is 25.4 Å². The summed E-state index contributed by atoms with van der Waals surface area (Å²) in [5, 5.41) is 11.1. The fraction of sp³-hybridized carbons (Fsp3) is 0.0556. The molecule has 0 atom stereocenters. The van der Waals surface area contributed by atoms with Gasteiger partial charge in [0.1, 0.15) is 16.6 Å². The number of nitriles is 1. The quantitative estimate of drug-likeness (QED) is 0.559. The van der Waals surface area contributed by atoms with Gasteiger partial charge in [-0.15, -0.1) is 22.7 Å². The number of hydrogen-bond donors (Lipinski definition) is 1. The fourth-order valence-electron chi connectivity index (χ4n) is 2.48. The van der Waals surface area contributed by atoms with Gasteiger partial charge in [0.15, 0.2) is 0 Å². The summed E-state index contributed by atoms with van der Waals surface area (Å²) in [5.41, 5.74) is 9.03. The second-order valence-corrected chi connectivity index (χ2v) is 7.40. The number of thiazole rings is 2. The van der Waals surface area contributed by atoms with E-state index in [1.807, 2.05) is 48.5 Å². The van der Waals surface area contributed by atoms with Gasteiger partial charge >= 0.3 is 0 Å². The largest absolute Gasteiger partial charge is 0.401 e. The molecule has 2 aromatic carbocycles. The molecule has 0 unspecified atom stereocenters. The normalized spacial score (nSPS) is 12.3. The Bertz CT molecular complexity index is 1050. The van der Waals surface area contributed by atoms with E-state index < -0.39 is 0 Å². The topological polar surface area (TPSA) is 75.6 Å². The van der Waals surface area contributed by atoms with E-state index in [-0.39, 0.29) is 0 Å². The van der Waals surface area contributed by atoms with Crippen LogP contribution in [0, 0.1) is 11.3 Å². The maximum atomic E-state index is 9.55. The lowest BCUT2D eigenvalue weighted by Gasteiger charge is -2.00. The molecule has 0 aliphatic rings. The smallest absolute Gasteiger partial charge is 0.136 e. The number of aromatic nitrogens is 2. The van der Waals surface area contributed by atoms with Crippen molar-refractivity contribution in [2.45, 2.75) is 6.42 Å². The highest BCUT2D eigenvalue weighted by atomic mass is 32.1. The van der Waals surface area contributed by atoms with Crippen LogP contribution in [0.5, 0.6) is 0 Å². The SMILES string of the molecule is N#CC(=C(N)Cc1nc2ccccc2s1)c1nc2ccccc2s1. The summed E-state index contributed by atoms with van der Waals surface area (Å²) in [7, 11) is 0. The minimum Gasteiger partial charge on any atom is -0.401 e. The Morgan fingerprint density at radius 3 is 2.21 bits per heavy atom. The molecule has 0 spiro atoms. The molecule has 0 amide bonds. The fourth-order valence-corrected chi connectivity index (χ4v) is 4.47. The Hall–Kier alpha value is -2.75. The number of fused-ring (bicyclic) bond motifs is 2. The average molecular weight is 348 g/mol. The van der Waals surface area contributed by atoms with Crippen LogP contribution in [-0.4, -0.2) is 9.97 Å². The van der Waals surface area contributed by atoms with Gasteiger partial charge in [-0.3, -0.25) is 0 Å². The molecule has 116 valence electrons. The first kappa shape index (κ1) is 14.8. The minimum absolute atomic E-state index is 0.440. The summed E-state index contributed by atoms with van der Waals surface area (Å²) in [6, 6.07) is 18.0. The van der Waals surface area contributed by atoms with Gasteiger partial charge in [0.25, 0.3) is 0 Å². The zero-order valence-electron chi connectivity index (χ0n) is 12.6. The third-order valence-corrected chi connectivity index (χ3v) is 5.71. The van der Waals surface area contributed by atoms with Crippen molar-refractivity contribution in [3.63, 3.8) is 0 Å². The first-order valence-corrected chi connectivity index (χ1v) is 8.97. The molecule has 0 fully saturated rings. The number of nitrogens with zero attached hydrogens (tertiary/aromatic N) is 3. The van der Waals surface area contributed by atoms with Gasteiger partial charge in [-0.2, -0.15) is 5.26 Å². The maximum Gasteiger partial charge on any atom is 0.136 e. The third-order valence-electron chi connectivity index (χ3n) is 3.62. The van der Waals surface area contributed by atoms with E-state index in [0.29, 0.717) is 22.7 Å². The number of allylic oxidation sites excluding steroid dienone is 2. The van der Waals surface area contributed by atoms with Crippen molar-refractivity contribution >= 4 is 48.7 Å². The molecule has 0 saturated carbocycles. The van der Waals surface area contributed by atoms with Gasteiger partial charge in [0, 0.05) is 12.1 Å². The van der Waals surface area contributed by atoms with E-state index in [2.05, 4.69) is 16.0 Å². The molecular formula is C18H12N4S2. The molecule has 4 rings (SSSR count). The Morgan fingerprint density at radius 1 is 0.958 bits per heavy atom. The van der Waals surface area contributed by atoms with E-state index in [1.165, 1.54) is 11.3 Å². The summed E-state index contributed by atoms with van der Waals surface area (Å²) in [4.78, 5) is 9.11. The molecule has 6 heteroatoms. The van der Waals surface area contributed by atoms with Crippen LogP contribution in [0.1, 0.15) is 10.0 Å². The average Bonchev–Trinajstić information content (AvgIpc) is 3.18. The number of nitrogens with two attached hydrogens (primary N) is 1. The second kappa shape index (κ2) is 6.04. The first-order valence-electron chi connectivity index (χ1n) is 7.34. The van der Waals surface area contributed by atoms with Crippen molar-refractivity contribution in [1.82, 2.24) is 9.97 Å². The molecular weight excluding hydrogens is 336 g/mol. The summed E-state index contributed by atoms with van der Waals surface area (Å²) >= 11 is 3.09. The number of benzene rings is 2. The van der Waals surface area contributed by atoms with Crippen LogP contribution in [0.4, 0.5) is 0 Å². The summed E-state index contributed by atoms with van der Waals surface area (Å²) in [6.07, 6.45) is 0.457. The lowest BCUT2D eigenvalue weighted by atomic mass is 10.2. The highest BCUT2D eigenvalue weighted by Crippen LogP contribution is 2.29. The highest BCUT2D eigenvalue weighted by Gasteiger charge is 2.14. The van der Waals surface area contributed by atoms with Crippen LogP contribution < -0.4 is 5.73 Å². The summed E-state index contributed by atoms with van der Waals surface area (Å²) < 4.78 is 2.17. The molecule has 0 aliphatic carbocycles. The van der Waals surface area contributed by atoms with Gasteiger partial charge in [0.2, 0.25) is 0 Å². The van der Waals surface area contributed by atoms with Crippen LogP contribution in [0.25, 0.3) is 26.0 Å². The second-order valence-electron chi connectivity index (χ2n) is 5.25. The Kier molecular flexibility index (Phi) is 3.73. The maximum absolute atomic E-state index is 9.55.